The largest absolute Gasteiger partial charge is 0.487 e. The number of benzene rings is 1. The molecule has 102 valence electrons. The molecule has 0 aliphatic rings. The molecule has 19 heavy (non-hydrogen) atoms. The lowest BCUT2D eigenvalue weighted by molar-refractivity contribution is 0.303. The highest BCUT2D eigenvalue weighted by Gasteiger charge is 2.11. The van der Waals surface area contributed by atoms with E-state index in [4.69, 9.17) is 10.5 Å². The number of rotatable bonds is 6. The Morgan fingerprint density at radius 2 is 2.16 bits per heavy atom. The molecule has 2 N–H and O–H groups in total. The summed E-state index contributed by atoms with van der Waals surface area (Å²) in [6, 6.07) is 10.4. The minimum absolute atomic E-state index is 0.179. The van der Waals surface area contributed by atoms with Gasteiger partial charge in [-0.05, 0) is 51.8 Å². The highest BCUT2D eigenvalue weighted by atomic mass is 79.9. The molecule has 0 radical (unpaired) electrons. The number of hydrogen-bond acceptors (Lipinski definition) is 3. The van der Waals surface area contributed by atoms with E-state index < -0.39 is 0 Å². The third-order valence-electron chi connectivity index (χ3n) is 2.99. The van der Waals surface area contributed by atoms with E-state index in [2.05, 4.69) is 40.4 Å². The summed E-state index contributed by atoms with van der Waals surface area (Å²) in [6.07, 6.45) is 1.81. The fourth-order valence-electron chi connectivity index (χ4n) is 1.84. The Morgan fingerprint density at radius 1 is 1.32 bits per heavy atom. The molecule has 1 aromatic carbocycles. The van der Waals surface area contributed by atoms with Crippen molar-refractivity contribution < 1.29 is 4.74 Å². The highest BCUT2D eigenvalue weighted by molar-refractivity contribution is 9.10. The summed E-state index contributed by atoms with van der Waals surface area (Å²) in [5.74, 6) is 0.916. The first-order valence-electron chi connectivity index (χ1n) is 6.39. The van der Waals surface area contributed by atoms with E-state index in [1.54, 1.807) is 11.3 Å². The number of halogens is 1. The Balaban J connectivity index is 2.13. The molecule has 1 atom stereocenters. The Hall–Kier alpha value is -0.840. The minimum Gasteiger partial charge on any atom is -0.487 e. The molecule has 1 heterocycles. The van der Waals surface area contributed by atoms with Crippen LogP contribution in [0.5, 0.6) is 5.75 Å². The molecule has 1 unspecified atom stereocenters. The van der Waals surface area contributed by atoms with Gasteiger partial charge >= 0.3 is 0 Å². The minimum atomic E-state index is 0.179. The van der Waals surface area contributed by atoms with Crippen LogP contribution in [0, 0.1) is 0 Å². The Bertz CT molecular complexity index is 513. The molecule has 0 bridgehead atoms. The van der Waals surface area contributed by atoms with Crippen molar-refractivity contribution in [1.82, 2.24) is 0 Å². The standard InChI is InChI=1S/C15H18BrNOS/c1-2-12(17)9-11-5-3-7-14(16)15(11)18-10-13-6-4-8-19-13/h3-8,12H,2,9-10,17H2,1H3. The van der Waals surface area contributed by atoms with Crippen molar-refractivity contribution in [2.45, 2.75) is 32.4 Å². The molecule has 0 saturated heterocycles. The van der Waals surface area contributed by atoms with Gasteiger partial charge in [-0.1, -0.05) is 25.1 Å². The zero-order valence-corrected chi connectivity index (χ0v) is 13.3. The van der Waals surface area contributed by atoms with Crippen molar-refractivity contribution in [1.29, 1.82) is 0 Å². The van der Waals surface area contributed by atoms with Gasteiger partial charge in [0.25, 0.3) is 0 Å². The second-order valence-corrected chi connectivity index (χ2v) is 6.36. The molecule has 2 rings (SSSR count). The molecule has 2 nitrogen and oxygen atoms in total. The van der Waals surface area contributed by atoms with Crippen LogP contribution in [0.15, 0.2) is 40.2 Å². The van der Waals surface area contributed by atoms with Crippen molar-refractivity contribution in [3.05, 3.63) is 50.6 Å². The van der Waals surface area contributed by atoms with Crippen LogP contribution in [0.1, 0.15) is 23.8 Å². The zero-order valence-electron chi connectivity index (χ0n) is 10.9. The van der Waals surface area contributed by atoms with Gasteiger partial charge in [0.2, 0.25) is 0 Å². The van der Waals surface area contributed by atoms with Gasteiger partial charge in [-0.2, -0.15) is 0 Å². The lowest BCUT2D eigenvalue weighted by Crippen LogP contribution is -2.21. The van der Waals surface area contributed by atoms with E-state index >= 15 is 0 Å². The van der Waals surface area contributed by atoms with Crippen LogP contribution in [0.4, 0.5) is 0 Å². The molecule has 0 amide bonds. The molecular formula is C15H18BrNOS. The zero-order chi connectivity index (χ0) is 13.7. The average Bonchev–Trinajstić information content (AvgIpc) is 2.91. The van der Waals surface area contributed by atoms with Crippen LogP contribution in [0.2, 0.25) is 0 Å². The van der Waals surface area contributed by atoms with Crippen molar-refractivity contribution in [3.63, 3.8) is 0 Å². The van der Waals surface area contributed by atoms with Gasteiger partial charge in [-0.15, -0.1) is 11.3 Å². The van der Waals surface area contributed by atoms with Crippen LogP contribution in [0.25, 0.3) is 0 Å². The van der Waals surface area contributed by atoms with Crippen LogP contribution < -0.4 is 10.5 Å². The molecule has 0 saturated carbocycles. The molecule has 0 aliphatic carbocycles. The summed E-state index contributed by atoms with van der Waals surface area (Å²) in [6.45, 7) is 2.71. The molecule has 4 heteroatoms. The van der Waals surface area contributed by atoms with E-state index in [1.807, 2.05) is 18.2 Å². The van der Waals surface area contributed by atoms with Crippen molar-refractivity contribution >= 4 is 27.3 Å². The maximum atomic E-state index is 6.05. The SMILES string of the molecule is CCC(N)Cc1cccc(Br)c1OCc1cccs1. The lowest BCUT2D eigenvalue weighted by atomic mass is 10.0. The summed E-state index contributed by atoms with van der Waals surface area (Å²) < 4.78 is 6.96. The molecule has 0 aliphatic heterocycles. The van der Waals surface area contributed by atoms with Crippen LogP contribution >= 0.6 is 27.3 Å². The number of ether oxygens (including phenoxy) is 1. The van der Waals surface area contributed by atoms with Gasteiger partial charge in [0.15, 0.2) is 0 Å². The highest BCUT2D eigenvalue weighted by Crippen LogP contribution is 2.31. The molecule has 0 spiro atoms. The Kier molecular flexibility index (Phi) is 5.43. The normalized spacial score (nSPS) is 12.4. The topological polar surface area (TPSA) is 35.2 Å². The molecule has 0 fully saturated rings. The summed E-state index contributed by atoms with van der Waals surface area (Å²) >= 11 is 5.27. The van der Waals surface area contributed by atoms with Gasteiger partial charge in [-0.3, -0.25) is 0 Å². The first-order chi connectivity index (χ1) is 9.20. The van der Waals surface area contributed by atoms with Crippen molar-refractivity contribution in [3.8, 4) is 5.75 Å². The first kappa shape index (κ1) is 14.6. The second-order valence-electron chi connectivity index (χ2n) is 4.47. The van der Waals surface area contributed by atoms with Gasteiger partial charge in [0.1, 0.15) is 12.4 Å². The van der Waals surface area contributed by atoms with E-state index in [0.29, 0.717) is 6.61 Å². The fourth-order valence-corrected chi connectivity index (χ4v) is 2.98. The second kappa shape index (κ2) is 7.08. The Labute approximate surface area is 126 Å². The third-order valence-corrected chi connectivity index (χ3v) is 4.47. The van der Waals surface area contributed by atoms with Gasteiger partial charge in [0.05, 0.1) is 4.47 Å². The van der Waals surface area contributed by atoms with Crippen LogP contribution in [-0.2, 0) is 13.0 Å². The van der Waals surface area contributed by atoms with E-state index in [1.165, 1.54) is 10.4 Å². The number of hydrogen-bond donors (Lipinski definition) is 1. The maximum Gasteiger partial charge on any atom is 0.137 e. The van der Waals surface area contributed by atoms with Crippen LogP contribution in [-0.4, -0.2) is 6.04 Å². The van der Waals surface area contributed by atoms with E-state index in [-0.39, 0.29) is 6.04 Å². The smallest absolute Gasteiger partial charge is 0.137 e. The quantitative estimate of drug-likeness (QED) is 0.847. The molecule has 2 aromatic rings. The summed E-state index contributed by atoms with van der Waals surface area (Å²) in [5, 5.41) is 2.06. The Morgan fingerprint density at radius 3 is 2.84 bits per heavy atom. The third kappa shape index (κ3) is 4.06. The van der Waals surface area contributed by atoms with Crippen molar-refractivity contribution in [2.75, 3.05) is 0 Å². The van der Waals surface area contributed by atoms with Gasteiger partial charge in [-0.25, -0.2) is 0 Å². The molecule has 1 aromatic heterocycles. The van der Waals surface area contributed by atoms with Gasteiger partial charge < -0.3 is 10.5 Å². The fraction of sp³-hybridized carbons (Fsp3) is 0.333. The summed E-state index contributed by atoms with van der Waals surface area (Å²) in [7, 11) is 0. The van der Waals surface area contributed by atoms with E-state index in [0.717, 1.165) is 23.1 Å². The predicted molar refractivity (Wildman–Crippen MR) is 84.8 cm³/mol. The molecular weight excluding hydrogens is 322 g/mol. The number of nitrogens with two attached hydrogens (primary N) is 1. The summed E-state index contributed by atoms with van der Waals surface area (Å²) in [5.41, 5.74) is 7.21. The first-order valence-corrected chi connectivity index (χ1v) is 8.06. The lowest BCUT2D eigenvalue weighted by Gasteiger charge is -2.15. The van der Waals surface area contributed by atoms with Crippen LogP contribution in [0.3, 0.4) is 0 Å². The van der Waals surface area contributed by atoms with E-state index in [9.17, 15) is 0 Å². The van der Waals surface area contributed by atoms with Crippen molar-refractivity contribution in [2.24, 2.45) is 5.73 Å². The summed E-state index contributed by atoms with van der Waals surface area (Å²) in [4.78, 5) is 1.22. The number of thiophene rings is 1. The predicted octanol–water partition coefficient (Wildman–Crippen LogP) is 4.37. The maximum absolute atomic E-state index is 6.05. The average molecular weight is 340 g/mol. The van der Waals surface area contributed by atoms with Gasteiger partial charge in [0, 0.05) is 10.9 Å². The number of para-hydroxylation sites is 1. The monoisotopic (exact) mass is 339 g/mol.